The van der Waals surface area contributed by atoms with Gasteiger partial charge >= 0.3 is 5.97 Å². The van der Waals surface area contributed by atoms with Crippen LogP contribution in [0.1, 0.15) is 33.6 Å². The number of amides is 1. The summed E-state index contributed by atoms with van der Waals surface area (Å²) < 4.78 is 15.8. The second-order valence-electron chi connectivity index (χ2n) is 5.96. The predicted octanol–water partition coefficient (Wildman–Crippen LogP) is 3.12. The van der Waals surface area contributed by atoms with E-state index in [0.29, 0.717) is 23.4 Å². The molecule has 6 heteroatoms. The summed E-state index contributed by atoms with van der Waals surface area (Å²) in [6.45, 7) is 0.613. The molecule has 1 aliphatic heterocycles. The Morgan fingerprint density at radius 1 is 1.00 bits per heavy atom. The molecule has 1 saturated heterocycles. The number of carbonyl (C=O) groups excluding carboxylic acids is 2. The van der Waals surface area contributed by atoms with Gasteiger partial charge in [-0.05, 0) is 48.9 Å². The Morgan fingerprint density at radius 2 is 1.69 bits per heavy atom. The highest BCUT2D eigenvalue weighted by Crippen LogP contribution is 2.25. The molecule has 3 rings (SSSR count). The summed E-state index contributed by atoms with van der Waals surface area (Å²) in [7, 11) is 2.92. The first-order valence-electron chi connectivity index (χ1n) is 8.42. The van der Waals surface area contributed by atoms with Gasteiger partial charge in [-0.25, -0.2) is 4.79 Å². The number of likely N-dealkylation sites (tertiary alicyclic amines) is 1. The van der Waals surface area contributed by atoms with E-state index in [2.05, 4.69) is 0 Å². The Balaban J connectivity index is 1.74. The number of methoxy groups -OCH3 is 2. The normalized spacial score (nSPS) is 16.2. The Morgan fingerprint density at radius 3 is 2.38 bits per heavy atom. The van der Waals surface area contributed by atoms with Crippen LogP contribution in [-0.2, 0) is 4.74 Å². The Hall–Kier alpha value is -3.02. The fraction of sp³-hybridized carbons (Fsp3) is 0.300. The van der Waals surface area contributed by atoms with Crippen LogP contribution in [0.25, 0.3) is 0 Å². The zero-order chi connectivity index (χ0) is 18.5. The van der Waals surface area contributed by atoms with E-state index in [4.69, 9.17) is 14.2 Å². The number of hydrogen-bond donors (Lipinski definition) is 0. The van der Waals surface area contributed by atoms with Crippen molar-refractivity contribution in [2.75, 3.05) is 20.8 Å². The third-order valence-electron chi connectivity index (χ3n) is 4.32. The standard InChI is InChI=1S/C20H21NO5/c1-24-16-8-10-17(11-9-16)26-18-7-4-12-21(18)19(22)14-5-3-6-15(13-14)20(23)25-2/h3,5-6,8-11,13,18H,4,7,12H2,1-2H3/t18-/m1/s1. The molecule has 1 fully saturated rings. The van der Waals surface area contributed by atoms with Gasteiger partial charge in [-0.15, -0.1) is 0 Å². The molecule has 0 aromatic heterocycles. The van der Waals surface area contributed by atoms with Gasteiger partial charge in [0.05, 0.1) is 19.8 Å². The highest BCUT2D eigenvalue weighted by Gasteiger charge is 2.31. The van der Waals surface area contributed by atoms with Crippen molar-refractivity contribution >= 4 is 11.9 Å². The van der Waals surface area contributed by atoms with E-state index in [1.165, 1.54) is 7.11 Å². The number of ether oxygens (including phenoxy) is 3. The number of hydrogen-bond acceptors (Lipinski definition) is 5. The maximum Gasteiger partial charge on any atom is 0.337 e. The second-order valence-corrected chi connectivity index (χ2v) is 5.96. The van der Waals surface area contributed by atoms with Crippen LogP contribution < -0.4 is 9.47 Å². The molecule has 1 heterocycles. The largest absolute Gasteiger partial charge is 0.497 e. The molecule has 1 amide bonds. The minimum Gasteiger partial charge on any atom is -0.497 e. The van der Waals surface area contributed by atoms with Gasteiger partial charge in [-0.3, -0.25) is 4.79 Å². The molecule has 0 N–H and O–H groups in total. The van der Waals surface area contributed by atoms with Gasteiger partial charge in [0.25, 0.3) is 5.91 Å². The van der Waals surface area contributed by atoms with Crippen LogP contribution in [0, 0.1) is 0 Å². The van der Waals surface area contributed by atoms with Gasteiger partial charge in [0, 0.05) is 18.5 Å². The van der Waals surface area contributed by atoms with Crippen LogP contribution in [0.3, 0.4) is 0 Å². The van der Waals surface area contributed by atoms with Crippen LogP contribution in [0.5, 0.6) is 11.5 Å². The number of nitrogens with zero attached hydrogens (tertiary/aromatic N) is 1. The maximum atomic E-state index is 12.9. The molecule has 136 valence electrons. The number of benzene rings is 2. The maximum absolute atomic E-state index is 12.9. The first-order chi connectivity index (χ1) is 12.6. The summed E-state index contributed by atoms with van der Waals surface area (Å²) in [4.78, 5) is 26.3. The van der Waals surface area contributed by atoms with Crippen molar-refractivity contribution in [1.29, 1.82) is 0 Å². The van der Waals surface area contributed by atoms with Crippen LogP contribution in [0.2, 0.25) is 0 Å². The minimum absolute atomic E-state index is 0.160. The lowest BCUT2D eigenvalue weighted by atomic mass is 10.1. The highest BCUT2D eigenvalue weighted by molar-refractivity contribution is 5.98. The molecule has 0 spiro atoms. The van der Waals surface area contributed by atoms with Crippen LogP contribution >= 0.6 is 0 Å². The number of rotatable bonds is 5. The average Bonchev–Trinajstić information content (AvgIpc) is 3.15. The summed E-state index contributed by atoms with van der Waals surface area (Å²) in [6.07, 6.45) is 1.29. The molecule has 6 nitrogen and oxygen atoms in total. The van der Waals surface area contributed by atoms with Crippen LogP contribution in [0.15, 0.2) is 48.5 Å². The van der Waals surface area contributed by atoms with Gasteiger partial charge < -0.3 is 19.1 Å². The molecule has 0 saturated carbocycles. The van der Waals surface area contributed by atoms with Crippen molar-refractivity contribution in [3.05, 3.63) is 59.7 Å². The van der Waals surface area contributed by atoms with Crippen molar-refractivity contribution in [1.82, 2.24) is 4.90 Å². The Bertz CT molecular complexity index is 787. The van der Waals surface area contributed by atoms with Gasteiger partial charge in [-0.2, -0.15) is 0 Å². The zero-order valence-corrected chi connectivity index (χ0v) is 14.8. The summed E-state index contributed by atoms with van der Waals surface area (Å²) in [5.41, 5.74) is 0.795. The smallest absolute Gasteiger partial charge is 0.337 e. The lowest BCUT2D eigenvalue weighted by Gasteiger charge is -2.25. The molecular formula is C20H21NO5. The van der Waals surface area contributed by atoms with E-state index < -0.39 is 5.97 Å². The molecule has 1 atom stereocenters. The number of esters is 1. The van der Waals surface area contributed by atoms with Crippen molar-refractivity contribution in [2.45, 2.75) is 19.1 Å². The fourth-order valence-electron chi connectivity index (χ4n) is 2.97. The van der Waals surface area contributed by atoms with Crippen molar-refractivity contribution < 1.29 is 23.8 Å². The summed E-state index contributed by atoms with van der Waals surface area (Å²) in [5.74, 6) is 0.800. The first kappa shape index (κ1) is 17.8. The lowest BCUT2D eigenvalue weighted by Crippen LogP contribution is -2.39. The van der Waals surface area contributed by atoms with Gasteiger partial charge in [0.15, 0.2) is 6.23 Å². The molecule has 0 bridgehead atoms. The highest BCUT2D eigenvalue weighted by atomic mass is 16.5. The third kappa shape index (κ3) is 3.79. The lowest BCUT2D eigenvalue weighted by molar-refractivity contribution is 0.0401. The Kier molecular flexibility index (Phi) is 5.41. The topological polar surface area (TPSA) is 65.1 Å². The number of carbonyl (C=O) groups is 2. The summed E-state index contributed by atoms with van der Waals surface area (Å²) >= 11 is 0. The molecular weight excluding hydrogens is 334 g/mol. The van der Waals surface area contributed by atoms with E-state index in [-0.39, 0.29) is 12.1 Å². The van der Waals surface area contributed by atoms with Crippen molar-refractivity contribution in [2.24, 2.45) is 0 Å². The Labute approximate surface area is 152 Å². The fourth-order valence-corrected chi connectivity index (χ4v) is 2.97. The minimum atomic E-state index is -0.466. The first-order valence-corrected chi connectivity index (χ1v) is 8.42. The summed E-state index contributed by atoms with van der Waals surface area (Å²) in [5, 5.41) is 0. The molecule has 1 aliphatic rings. The van der Waals surface area contributed by atoms with E-state index in [9.17, 15) is 9.59 Å². The van der Waals surface area contributed by atoms with Gasteiger partial charge in [0.2, 0.25) is 0 Å². The quantitative estimate of drug-likeness (QED) is 0.771. The monoisotopic (exact) mass is 355 g/mol. The molecule has 0 radical (unpaired) electrons. The molecule has 2 aromatic rings. The molecule has 0 aliphatic carbocycles. The van der Waals surface area contributed by atoms with Gasteiger partial charge in [-0.1, -0.05) is 6.07 Å². The van der Waals surface area contributed by atoms with Crippen LogP contribution in [-0.4, -0.2) is 43.8 Å². The van der Waals surface area contributed by atoms with E-state index >= 15 is 0 Å². The van der Waals surface area contributed by atoms with Gasteiger partial charge in [0.1, 0.15) is 11.5 Å². The molecule has 26 heavy (non-hydrogen) atoms. The SMILES string of the molecule is COC(=O)c1cccc(C(=O)N2CCC[C@H]2Oc2ccc(OC)cc2)c1. The van der Waals surface area contributed by atoms with E-state index in [0.717, 1.165) is 18.6 Å². The van der Waals surface area contributed by atoms with Crippen molar-refractivity contribution in [3.63, 3.8) is 0 Å². The van der Waals surface area contributed by atoms with E-state index in [1.54, 1.807) is 36.3 Å². The van der Waals surface area contributed by atoms with E-state index in [1.807, 2.05) is 24.3 Å². The van der Waals surface area contributed by atoms with Crippen molar-refractivity contribution in [3.8, 4) is 11.5 Å². The van der Waals surface area contributed by atoms with Crippen LogP contribution in [0.4, 0.5) is 0 Å². The third-order valence-corrected chi connectivity index (χ3v) is 4.32. The summed E-state index contributed by atoms with van der Waals surface area (Å²) in [6, 6.07) is 13.8. The molecule has 0 unspecified atom stereocenters. The zero-order valence-electron chi connectivity index (χ0n) is 14.8. The average molecular weight is 355 g/mol. The molecule has 2 aromatic carbocycles. The second kappa shape index (κ2) is 7.91. The predicted molar refractivity (Wildman–Crippen MR) is 95.5 cm³/mol.